The smallest absolute Gasteiger partial charge is 0.258 e. The third-order valence-electron chi connectivity index (χ3n) is 3.81. The molecule has 2 aliphatic carbocycles. The van der Waals surface area contributed by atoms with E-state index in [2.05, 4.69) is 16.0 Å². The fraction of sp³-hybridized carbons (Fsp3) is 0.471. The Bertz CT molecular complexity index is 638. The Kier molecular flexibility index (Phi) is 4.98. The fourth-order valence-electron chi connectivity index (χ4n) is 2.14. The standard InChI is InChI=1S/C17H21N3O4/c21-15(19-12-6-7-12)9-18-16(22)10-24-14-3-1-2-13(8-14)20-17(23)11-4-5-11/h1-3,8,11-12H,4-7,9-10H2,(H,18,22)(H,19,21)(H,20,23). The molecule has 0 saturated heterocycles. The predicted octanol–water partition coefficient (Wildman–Crippen LogP) is 0.809. The largest absolute Gasteiger partial charge is 0.484 e. The van der Waals surface area contributed by atoms with Crippen molar-refractivity contribution in [2.75, 3.05) is 18.5 Å². The molecule has 0 radical (unpaired) electrons. The van der Waals surface area contributed by atoms with Gasteiger partial charge in [-0.1, -0.05) is 6.07 Å². The van der Waals surface area contributed by atoms with Crippen LogP contribution in [0.25, 0.3) is 0 Å². The average molecular weight is 331 g/mol. The Balaban J connectivity index is 1.39. The summed E-state index contributed by atoms with van der Waals surface area (Å²) in [7, 11) is 0. The summed E-state index contributed by atoms with van der Waals surface area (Å²) in [4.78, 5) is 34.9. The number of ether oxygens (including phenoxy) is 1. The third kappa shape index (κ3) is 5.26. The van der Waals surface area contributed by atoms with Crippen LogP contribution in [0.3, 0.4) is 0 Å². The van der Waals surface area contributed by atoms with Gasteiger partial charge in [-0.2, -0.15) is 0 Å². The molecule has 0 aliphatic heterocycles. The molecule has 0 bridgehead atoms. The number of rotatable bonds is 8. The highest BCUT2D eigenvalue weighted by Gasteiger charge is 2.29. The Morgan fingerprint density at radius 3 is 2.58 bits per heavy atom. The molecule has 2 aliphatic rings. The van der Waals surface area contributed by atoms with Crippen LogP contribution < -0.4 is 20.7 Å². The van der Waals surface area contributed by atoms with E-state index in [-0.39, 0.29) is 42.8 Å². The van der Waals surface area contributed by atoms with Gasteiger partial charge in [0, 0.05) is 23.7 Å². The van der Waals surface area contributed by atoms with Crippen molar-refractivity contribution >= 4 is 23.4 Å². The first-order valence-corrected chi connectivity index (χ1v) is 8.20. The van der Waals surface area contributed by atoms with Crippen molar-refractivity contribution in [3.05, 3.63) is 24.3 Å². The van der Waals surface area contributed by atoms with E-state index in [0.717, 1.165) is 25.7 Å². The van der Waals surface area contributed by atoms with Crippen molar-refractivity contribution in [1.29, 1.82) is 0 Å². The summed E-state index contributed by atoms with van der Waals surface area (Å²) in [6.07, 6.45) is 3.90. The molecule has 128 valence electrons. The number of carbonyl (C=O) groups excluding carboxylic acids is 3. The zero-order chi connectivity index (χ0) is 16.9. The van der Waals surface area contributed by atoms with E-state index in [1.165, 1.54) is 0 Å². The van der Waals surface area contributed by atoms with Crippen molar-refractivity contribution < 1.29 is 19.1 Å². The molecule has 0 heterocycles. The Labute approximate surface area is 140 Å². The molecule has 1 aromatic rings. The van der Waals surface area contributed by atoms with Crippen LogP contribution in [0.2, 0.25) is 0 Å². The van der Waals surface area contributed by atoms with Gasteiger partial charge in [-0.05, 0) is 37.8 Å². The zero-order valence-corrected chi connectivity index (χ0v) is 13.3. The van der Waals surface area contributed by atoms with E-state index >= 15 is 0 Å². The van der Waals surface area contributed by atoms with Gasteiger partial charge >= 0.3 is 0 Å². The monoisotopic (exact) mass is 331 g/mol. The number of hydrogen-bond donors (Lipinski definition) is 3. The van der Waals surface area contributed by atoms with Crippen LogP contribution in [-0.4, -0.2) is 36.9 Å². The summed E-state index contributed by atoms with van der Waals surface area (Å²) in [5, 5.41) is 8.12. The topological polar surface area (TPSA) is 96.5 Å². The van der Waals surface area contributed by atoms with Gasteiger partial charge in [0.1, 0.15) is 5.75 Å². The lowest BCUT2D eigenvalue weighted by atomic mass is 10.3. The lowest BCUT2D eigenvalue weighted by Crippen LogP contribution is -2.39. The quantitative estimate of drug-likeness (QED) is 0.657. The number of amides is 3. The molecule has 2 fully saturated rings. The van der Waals surface area contributed by atoms with E-state index in [4.69, 9.17) is 4.74 Å². The molecule has 0 unspecified atom stereocenters. The van der Waals surface area contributed by atoms with E-state index < -0.39 is 0 Å². The van der Waals surface area contributed by atoms with Crippen LogP contribution in [0.4, 0.5) is 5.69 Å². The maximum absolute atomic E-state index is 11.7. The first kappa shape index (κ1) is 16.3. The van der Waals surface area contributed by atoms with Crippen LogP contribution in [0.5, 0.6) is 5.75 Å². The van der Waals surface area contributed by atoms with Crippen molar-refractivity contribution in [2.45, 2.75) is 31.7 Å². The lowest BCUT2D eigenvalue weighted by molar-refractivity contribution is -0.127. The molecule has 7 nitrogen and oxygen atoms in total. The van der Waals surface area contributed by atoms with Crippen LogP contribution in [0, 0.1) is 5.92 Å². The minimum Gasteiger partial charge on any atom is -0.484 e. The second-order valence-corrected chi connectivity index (χ2v) is 6.20. The number of hydrogen-bond acceptors (Lipinski definition) is 4. The summed E-state index contributed by atoms with van der Waals surface area (Å²) >= 11 is 0. The lowest BCUT2D eigenvalue weighted by Gasteiger charge is -2.09. The van der Waals surface area contributed by atoms with Crippen LogP contribution in [0.15, 0.2) is 24.3 Å². The number of nitrogens with one attached hydrogen (secondary N) is 3. The van der Waals surface area contributed by atoms with Crippen LogP contribution >= 0.6 is 0 Å². The molecule has 24 heavy (non-hydrogen) atoms. The number of benzene rings is 1. The molecule has 3 amide bonds. The number of carbonyl (C=O) groups is 3. The summed E-state index contributed by atoms with van der Waals surface area (Å²) in [6.45, 7) is -0.229. The van der Waals surface area contributed by atoms with Gasteiger partial charge in [-0.3, -0.25) is 14.4 Å². The van der Waals surface area contributed by atoms with Gasteiger partial charge in [-0.15, -0.1) is 0 Å². The Hall–Kier alpha value is -2.57. The minimum atomic E-state index is -0.367. The van der Waals surface area contributed by atoms with Crippen LogP contribution in [-0.2, 0) is 14.4 Å². The van der Waals surface area contributed by atoms with Crippen molar-refractivity contribution in [3.63, 3.8) is 0 Å². The van der Waals surface area contributed by atoms with E-state index in [9.17, 15) is 14.4 Å². The van der Waals surface area contributed by atoms with Gasteiger partial charge in [0.15, 0.2) is 6.61 Å². The molecule has 3 N–H and O–H groups in total. The Morgan fingerprint density at radius 2 is 1.88 bits per heavy atom. The molecule has 0 spiro atoms. The van der Waals surface area contributed by atoms with Crippen LogP contribution in [0.1, 0.15) is 25.7 Å². The second-order valence-electron chi connectivity index (χ2n) is 6.20. The fourth-order valence-corrected chi connectivity index (χ4v) is 2.14. The highest BCUT2D eigenvalue weighted by Crippen LogP contribution is 2.30. The molecule has 1 aromatic carbocycles. The summed E-state index contributed by atoms with van der Waals surface area (Å²) in [5.74, 6) is 0.0823. The maximum atomic E-state index is 11.7. The number of anilines is 1. The van der Waals surface area contributed by atoms with E-state index in [1.54, 1.807) is 24.3 Å². The van der Waals surface area contributed by atoms with Gasteiger partial charge in [0.05, 0.1) is 6.54 Å². The van der Waals surface area contributed by atoms with Gasteiger partial charge in [0.2, 0.25) is 11.8 Å². The molecular formula is C17H21N3O4. The summed E-state index contributed by atoms with van der Waals surface area (Å²) < 4.78 is 5.40. The van der Waals surface area contributed by atoms with Crippen molar-refractivity contribution in [3.8, 4) is 5.75 Å². The minimum absolute atomic E-state index is 0.0200. The molecule has 7 heteroatoms. The summed E-state index contributed by atoms with van der Waals surface area (Å²) in [5.41, 5.74) is 0.647. The molecule has 3 rings (SSSR count). The molecule has 0 atom stereocenters. The van der Waals surface area contributed by atoms with E-state index in [0.29, 0.717) is 11.4 Å². The van der Waals surface area contributed by atoms with Gasteiger partial charge < -0.3 is 20.7 Å². The zero-order valence-electron chi connectivity index (χ0n) is 13.3. The highest BCUT2D eigenvalue weighted by molar-refractivity contribution is 5.94. The third-order valence-corrected chi connectivity index (χ3v) is 3.81. The maximum Gasteiger partial charge on any atom is 0.258 e. The molecule has 2 saturated carbocycles. The summed E-state index contributed by atoms with van der Waals surface area (Å²) in [6, 6.07) is 7.18. The SMILES string of the molecule is O=C(COc1cccc(NC(=O)C2CC2)c1)NCC(=O)NC1CC1. The van der Waals surface area contributed by atoms with Crippen molar-refractivity contribution in [1.82, 2.24) is 10.6 Å². The average Bonchev–Trinajstić information content (AvgIpc) is 3.44. The second kappa shape index (κ2) is 7.33. The molecule has 0 aromatic heterocycles. The van der Waals surface area contributed by atoms with Gasteiger partial charge in [-0.25, -0.2) is 0 Å². The first-order valence-electron chi connectivity index (χ1n) is 8.20. The van der Waals surface area contributed by atoms with E-state index in [1.807, 2.05) is 0 Å². The highest BCUT2D eigenvalue weighted by atomic mass is 16.5. The first-order chi connectivity index (χ1) is 11.6. The normalized spacial score (nSPS) is 16.2. The Morgan fingerprint density at radius 1 is 1.08 bits per heavy atom. The molecular weight excluding hydrogens is 310 g/mol. The predicted molar refractivity (Wildman–Crippen MR) is 87.5 cm³/mol. The van der Waals surface area contributed by atoms with Crippen molar-refractivity contribution in [2.24, 2.45) is 5.92 Å². The van der Waals surface area contributed by atoms with Gasteiger partial charge in [0.25, 0.3) is 5.91 Å².